The van der Waals surface area contributed by atoms with E-state index in [1.165, 1.54) is 0 Å². The number of halogens is 1. The number of carbonyl (C=O) groups is 1. The first-order chi connectivity index (χ1) is 9.77. The summed E-state index contributed by atoms with van der Waals surface area (Å²) in [5.74, 6) is 0.159. The highest BCUT2D eigenvalue weighted by atomic mass is 35.5. The molecule has 1 N–H and O–H groups in total. The quantitative estimate of drug-likeness (QED) is 0.912. The molecular weight excluding hydrogens is 312 g/mol. The van der Waals surface area contributed by atoms with Crippen molar-refractivity contribution in [3.8, 4) is 0 Å². The Morgan fingerprint density at radius 3 is 2.76 bits per heavy atom. The van der Waals surface area contributed by atoms with Gasteiger partial charge in [0.15, 0.2) is 9.84 Å². The number of aryl methyl sites for hydroxylation is 1. The summed E-state index contributed by atoms with van der Waals surface area (Å²) < 4.78 is 22.9. The van der Waals surface area contributed by atoms with Crippen molar-refractivity contribution in [2.24, 2.45) is 0 Å². The maximum atomic E-state index is 12.0. The van der Waals surface area contributed by atoms with Crippen LogP contribution < -0.4 is 5.32 Å². The van der Waals surface area contributed by atoms with Gasteiger partial charge < -0.3 is 5.32 Å². The second-order valence-electron chi connectivity index (χ2n) is 5.48. The molecule has 0 aliphatic carbocycles. The van der Waals surface area contributed by atoms with Gasteiger partial charge in [0.2, 0.25) is 5.91 Å². The number of nitrogens with zero attached hydrogens (tertiary/aromatic N) is 1. The summed E-state index contributed by atoms with van der Waals surface area (Å²) in [6.07, 6.45) is 0.586. The van der Waals surface area contributed by atoms with Crippen LogP contribution >= 0.6 is 11.6 Å². The number of nitrogens with one attached hydrogen (secondary N) is 1. The Morgan fingerprint density at radius 2 is 2.19 bits per heavy atom. The lowest BCUT2D eigenvalue weighted by atomic mass is 10.2. The highest BCUT2D eigenvalue weighted by Gasteiger charge is 2.31. The van der Waals surface area contributed by atoms with Crippen LogP contribution in [0.3, 0.4) is 0 Å². The molecule has 116 valence electrons. The van der Waals surface area contributed by atoms with E-state index in [-0.39, 0.29) is 30.0 Å². The van der Waals surface area contributed by atoms with Crippen LogP contribution in [0.2, 0.25) is 5.02 Å². The molecule has 1 saturated heterocycles. The van der Waals surface area contributed by atoms with Gasteiger partial charge >= 0.3 is 0 Å². The van der Waals surface area contributed by atoms with Crippen molar-refractivity contribution in [3.63, 3.8) is 0 Å². The topological polar surface area (TPSA) is 66.5 Å². The predicted molar refractivity (Wildman–Crippen MR) is 84.5 cm³/mol. The maximum Gasteiger partial charge on any atom is 0.238 e. The molecule has 1 aromatic rings. The largest absolute Gasteiger partial charge is 0.325 e. The molecule has 2 rings (SSSR count). The number of rotatable bonds is 4. The van der Waals surface area contributed by atoms with Crippen LogP contribution in [0.4, 0.5) is 5.69 Å². The Kier molecular flexibility index (Phi) is 4.91. The Balaban J connectivity index is 1.91. The maximum absolute atomic E-state index is 12.0. The number of likely N-dealkylation sites (N-methyl/N-ethyl adjacent to an activating group) is 1. The van der Waals surface area contributed by atoms with Crippen molar-refractivity contribution < 1.29 is 13.2 Å². The van der Waals surface area contributed by atoms with Gasteiger partial charge in [0.05, 0.1) is 18.1 Å². The summed E-state index contributed by atoms with van der Waals surface area (Å²) >= 11 is 6.01. The van der Waals surface area contributed by atoms with Crippen LogP contribution in [0.15, 0.2) is 18.2 Å². The Morgan fingerprint density at radius 1 is 1.48 bits per heavy atom. The van der Waals surface area contributed by atoms with E-state index in [2.05, 4.69) is 5.32 Å². The van der Waals surface area contributed by atoms with Gasteiger partial charge in [-0.3, -0.25) is 9.69 Å². The van der Waals surface area contributed by atoms with E-state index in [0.717, 1.165) is 5.56 Å². The molecule has 1 aromatic carbocycles. The highest BCUT2D eigenvalue weighted by Crippen LogP contribution is 2.20. The van der Waals surface area contributed by atoms with Crippen LogP contribution in [-0.2, 0) is 14.6 Å². The van der Waals surface area contributed by atoms with Gasteiger partial charge in [-0.1, -0.05) is 17.7 Å². The second-order valence-corrected chi connectivity index (χ2v) is 8.12. The van der Waals surface area contributed by atoms with Crippen molar-refractivity contribution >= 4 is 33.0 Å². The molecule has 1 amide bonds. The van der Waals surface area contributed by atoms with Gasteiger partial charge in [-0.25, -0.2) is 8.42 Å². The fourth-order valence-electron chi connectivity index (χ4n) is 2.35. The Labute approximate surface area is 130 Å². The highest BCUT2D eigenvalue weighted by molar-refractivity contribution is 7.91. The number of hydrogen-bond acceptors (Lipinski definition) is 4. The average Bonchev–Trinajstić information content (AvgIpc) is 2.74. The zero-order valence-electron chi connectivity index (χ0n) is 12.1. The molecule has 1 fully saturated rings. The Hall–Kier alpha value is -1.11. The van der Waals surface area contributed by atoms with Gasteiger partial charge in [-0.2, -0.15) is 0 Å². The fraction of sp³-hybridized carbons (Fsp3) is 0.500. The molecule has 0 aromatic heterocycles. The lowest BCUT2D eigenvalue weighted by Gasteiger charge is -2.22. The van der Waals surface area contributed by atoms with E-state index in [0.29, 0.717) is 17.1 Å². The minimum Gasteiger partial charge on any atom is -0.325 e. The molecular formula is C14H19ClN2O3S. The van der Waals surface area contributed by atoms with Crippen molar-refractivity contribution in [1.82, 2.24) is 4.90 Å². The summed E-state index contributed by atoms with van der Waals surface area (Å²) in [4.78, 5) is 13.8. The third kappa shape index (κ3) is 4.43. The first kappa shape index (κ1) is 16.3. The third-order valence-electron chi connectivity index (χ3n) is 3.68. The standard InChI is InChI=1S/C14H19ClN2O3S/c1-10-3-4-11(7-13(10)15)16-14(18)8-17(2)12-5-6-21(19,20)9-12/h3-4,7,12H,5-6,8-9H2,1-2H3,(H,16,18). The predicted octanol–water partition coefficient (Wildman–Crippen LogP) is 1.71. The molecule has 7 heteroatoms. The van der Waals surface area contributed by atoms with E-state index >= 15 is 0 Å². The molecule has 5 nitrogen and oxygen atoms in total. The summed E-state index contributed by atoms with van der Waals surface area (Å²) in [6.45, 7) is 2.05. The summed E-state index contributed by atoms with van der Waals surface area (Å²) in [5, 5.41) is 3.37. The monoisotopic (exact) mass is 330 g/mol. The molecule has 0 radical (unpaired) electrons. The number of benzene rings is 1. The van der Waals surface area contributed by atoms with Crippen molar-refractivity contribution in [2.45, 2.75) is 19.4 Å². The Bertz CT molecular complexity index is 646. The smallest absolute Gasteiger partial charge is 0.238 e. The van der Waals surface area contributed by atoms with Gasteiger partial charge in [0.25, 0.3) is 0 Å². The minimum absolute atomic E-state index is 0.0812. The van der Waals surface area contributed by atoms with E-state index in [4.69, 9.17) is 11.6 Å². The van der Waals surface area contributed by atoms with Crippen LogP contribution in [0, 0.1) is 6.92 Å². The molecule has 1 aliphatic heterocycles. The second kappa shape index (κ2) is 6.34. The molecule has 0 saturated carbocycles. The van der Waals surface area contributed by atoms with Crippen LogP contribution in [-0.4, -0.2) is 50.4 Å². The minimum atomic E-state index is -2.94. The van der Waals surface area contributed by atoms with Gasteiger partial charge in [0.1, 0.15) is 0 Å². The van der Waals surface area contributed by atoms with Gasteiger partial charge in [0, 0.05) is 16.8 Å². The lowest BCUT2D eigenvalue weighted by molar-refractivity contribution is -0.117. The molecule has 0 bridgehead atoms. The zero-order valence-corrected chi connectivity index (χ0v) is 13.7. The SMILES string of the molecule is Cc1ccc(NC(=O)CN(C)C2CCS(=O)(=O)C2)cc1Cl. The first-order valence-electron chi connectivity index (χ1n) is 6.73. The number of anilines is 1. The number of hydrogen-bond donors (Lipinski definition) is 1. The van der Waals surface area contributed by atoms with E-state index in [1.807, 2.05) is 13.0 Å². The summed E-state index contributed by atoms with van der Waals surface area (Å²) in [5.41, 5.74) is 1.59. The summed E-state index contributed by atoms with van der Waals surface area (Å²) in [6, 6.07) is 5.25. The molecule has 1 aliphatic rings. The van der Waals surface area contributed by atoms with E-state index < -0.39 is 9.84 Å². The fourth-order valence-corrected chi connectivity index (χ4v) is 4.34. The van der Waals surface area contributed by atoms with Crippen LogP contribution in [0.5, 0.6) is 0 Å². The molecule has 1 atom stereocenters. The number of carbonyl (C=O) groups excluding carboxylic acids is 1. The average molecular weight is 331 g/mol. The molecule has 21 heavy (non-hydrogen) atoms. The van der Waals surface area contributed by atoms with Gasteiger partial charge in [-0.05, 0) is 38.1 Å². The molecule has 0 spiro atoms. The third-order valence-corrected chi connectivity index (χ3v) is 5.84. The van der Waals surface area contributed by atoms with Crippen molar-refractivity contribution in [1.29, 1.82) is 0 Å². The zero-order chi connectivity index (χ0) is 15.6. The lowest BCUT2D eigenvalue weighted by Crippen LogP contribution is -2.38. The van der Waals surface area contributed by atoms with Crippen molar-refractivity contribution in [2.75, 3.05) is 30.4 Å². The van der Waals surface area contributed by atoms with Crippen LogP contribution in [0.25, 0.3) is 0 Å². The van der Waals surface area contributed by atoms with E-state index in [9.17, 15) is 13.2 Å². The first-order valence-corrected chi connectivity index (χ1v) is 8.93. The molecule has 1 heterocycles. The number of amides is 1. The number of sulfone groups is 1. The normalized spacial score (nSPS) is 20.7. The molecule has 1 unspecified atom stereocenters. The van der Waals surface area contributed by atoms with Crippen LogP contribution in [0.1, 0.15) is 12.0 Å². The summed E-state index contributed by atoms with van der Waals surface area (Å²) in [7, 11) is -1.17. The van der Waals surface area contributed by atoms with Crippen molar-refractivity contribution in [3.05, 3.63) is 28.8 Å². The van der Waals surface area contributed by atoms with E-state index in [1.54, 1.807) is 24.1 Å². The van der Waals surface area contributed by atoms with Gasteiger partial charge in [-0.15, -0.1) is 0 Å².